The van der Waals surface area contributed by atoms with Crippen LogP contribution in [0.2, 0.25) is 0 Å². The van der Waals surface area contributed by atoms with E-state index in [0.717, 1.165) is 145 Å². The number of carbonyl (C=O) groups is 10. The Morgan fingerprint density at radius 3 is 1.93 bits per heavy atom. The van der Waals surface area contributed by atoms with Crippen molar-refractivity contribution in [1.82, 2.24) is 42.2 Å². The molecule has 0 radical (unpaired) electrons. The number of phenolic OH excluding ortho intramolecular Hbond substituents is 1. The number of phenols is 1. The van der Waals surface area contributed by atoms with Crippen LogP contribution in [0.4, 0.5) is 0 Å². The number of para-hydroxylation sites is 1. The third-order valence-corrected chi connectivity index (χ3v) is 38.1. The summed E-state index contributed by atoms with van der Waals surface area (Å²) in [7, 11) is 2.06. The van der Waals surface area contributed by atoms with Gasteiger partial charge in [0.05, 0.1) is 42.6 Å². The number of aryl methyl sites for hydroxylation is 1. The van der Waals surface area contributed by atoms with E-state index in [2.05, 4.69) is 88.8 Å². The lowest BCUT2D eigenvalue weighted by atomic mass is 9.46. The fourth-order valence-electron chi connectivity index (χ4n) is 27.3. The summed E-state index contributed by atoms with van der Waals surface area (Å²) in [5, 5.41) is 114. The zero-order valence-electron chi connectivity index (χ0n) is 82.6. The molecule has 4 aromatic carbocycles. The molecule has 5 aromatic rings. The van der Waals surface area contributed by atoms with E-state index in [-0.39, 0.29) is 88.9 Å². The van der Waals surface area contributed by atoms with E-state index in [1.165, 1.54) is 49.8 Å². The molecule has 1 saturated heterocycles. The van der Waals surface area contributed by atoms with Crippen molar-refractivity contribution in [3.8, 4) is 18.1 Å². The number of allylic oxidation sites excluding steroid dienone is 5. The van der Waals surface area contributed by atoms with Crippen LogP contribution in [0.15, 0.2) is 145 Å². The Morgan fingerprint density at radius 2 is 1.23 bits per heavy atom. The van der Waals surface area contributed by atoms with Crippen LogP contribution >= 0.6 is 21.6 Å². The first-order chi connectivity index (χ1) is 67.0. The minimum Gasteiger partial charge on any atom is -0.508 e. The molecule has 0 bridgehead atoms. The lowest BCUT2D eigenvalue weighted by molar-refractivity contribution is -0.178. The summed E-state index contributed by atoms with van der Waals surface area (Å²) < 4.78 is 0. The smallest absolute Gasteiger partial charge is 0.245 e. The number of unbranched alkanes of at least 4 members (excludes halogenated alkanes) is 1. The standard InChI is InChI=1S/C49H66N10O10S2.C21H28O5.C20H30O2.C20H24O2/c1-28(61)39(25-60)56-48(68)41-27-71-70-26-40(57-43(63)34(51)21-30-13-5-3-6-14-30)47(67)54-37(22-31-15-7-4-8-16-31)45(65)55-38(23-32-24-52-35-18-10-9-17-33(32)35)46(66)53-36(19-11-12-20-50)44(64)59-42(29(2)62)49(69)58-41;1-19-7-5-13(23)9-12(19)3-4-14-15-6-8-21(26,17(25)11-22)20(15,2)10-16(24)18(14)19;1-18-9-6-14(21)12-13(18)4-5-15-16(18)7-10-19(2)17(15)8-11-20(19,3)22;1-3-20(22)11-9-18-17-6-4-13-12-14(21)5-7-15(13)16(17)8-10-19(18,20)2/h3-10,13-18,24,28-29,34,36-42,52,60-62H,11-12,19-23,25-27,50-51H2,1-2H3,(H,53,66)(H,54,67)(H,55,65)(H,56,68)(H,57,63)(H,58,69)(H,59,64);5,7,9,14-16,18,22,24,26H,3-4,6,8,10-11H2,1-2H3;12,15-17,22H,4-11H2,1-3H3;1,5,7,12,16-18,21-22H,4,6,8-11H2,2H3/t28-,29?,34-,36+,37+,38-,39-,40+,41+,42+;14-,15-,16-,18+,19-,20-,21-;15-,16+,17+,18+,19+,20+;16-,17-,18+,19+,20+/m1011/s1. The molecule has 1 unspecified atom stereocenters. The SMILES string of the molecule is C#C[C@]1(O)CC[C@H]2[C@@H]3CCc4cc(O)ccc4[C@H]3CC[C@@]21C.CC(O)[C@@H]1NC(=O)[C@H](CCCCN)NC(=O)[C@@H](Cc2c[nH]c3ccccc23)NC(=O)[C@H](Cc2ccccc2)NC(=O)[C@@H](NC(=O)[C@H](N)Cc2ccccc2)CSSC[C@@H](C(=O)N[C@H](CO)[C@@H](C)O)NC1=O.C[C@]12C=CC(=O)C=C1CC[C@@H]1[C@@H]2[C@@H](O)C[C@@]2(C)[C@H]1CC[C@]2(O)C(=O)CO.C[C@]12CCC(=O)C=C1CC[C@@H]1[C@@H]2CC[C@@]2(C)[C@H]1CC[C@]2(C)O. The van der Waals surface area contributed by atoms with Crippen LogP contribution in [-0.2, 0) is 73.6 Å². The molecular formula is C110H148N10O19S2. The largest absolute Gasteiger partial charge is 0.508 e. The Morgan fingerprint density at radius 1 is 0.617 bits per heavy atom. The van der Waals surface area contributed by atoms with Gasteiger partial charge in [0.25, 0.3) is 0 Å². The minimum absolute atomic E-state index is 0.00912. The number of carbonyl (C=O) groups excluding carboxylic acids is 10. The number of nitrogens with one attached hydrogen (secondary N) is 8. The number of fused-ring (bicyclic) bond motifs is 16. The van der Waals surface area contributed by atoms with Crippen molar-refractivity contribution in [2.75, 3.05) is 31.3 Å². The molecule has 11 aliphatic carbocycles. The lowest BCUT2D eigenvalue weighted by Gasteiger charge is -2.59. The molecule has 141 heavy (non-hydrogen) atoms. The van der Waals surface area contributed by atoms with E-state index < -0.39 is 149 Å². The third-order valence-electron chi connectivity index (χ3n) is 35.7. The molecule has 9 fully saturated rings. The average Bonchev–Trinajstić information content (AvgIpc) is 1.56. The molecule has 7 amide bonds. The van der Waals surface area contributed by atoms with Gasteiger partial charge in [-0.25, -0.2) is 0 Å². The number of terminal acetylenes is 1. The van der Waals surface area contributed by atoms with E-state index in [0.29, 0.717) is 72.0 Å². The van der Waals surface area contributed by atoms with Gasteiger partial charge in [-0.3, -0.25) is 47.9 Å². The summed E-state index contributed by atoms with van der Waals surface area (Å²) in [6, 6.07) is 20.5. The molecule has 2 heterocycles. The predicted molar refractivity (Wildman–Crippen MR) is 541 cm³/mol. The molecule has 0 spiro atoms. The maximum Gasteiger partial charge on any atom is 0.245 e. The van der Waals surface area contributed by atoms with E-state index >= 15 is 0 Å². The van der Waals surface area contributed by atoms with Crippen molar-refractivity contribution in [2.24, 2.45) is 85.9 Å². The molecule has 8 saturated carbocycles. The highest BCUT2D eigenvalue weighted by Gasteiger charge is 2.69. The van der Waals surface area contributed by atoms with E-state index in [4.69, 9.17) is 17.9 Å². The number of amides is 7. The number of hydrogen-bond donors (Lipinski definition) is 19. The van der Waals surface area contributed by atoms with Crippen molar-refractivity contribution in [3.05, 3.63) is 173 Å². The van der Waals surface area contributed by atoms with E-state index in [1.807, 2.05) is 61.5 Å². The van der Waals surface area contributed by atoms with Crippen molar-refractivity contribution in [3.63, 3.8) is 0 Å². The van der Waals surface area contributed by atoms with Crippen LogP contribution in [0.25, 0.3) is 10.9 Å². The number of aromatic hydroxyl groups is 1. The number of aromatic nitrogens is 1. The van der Waals surface area contributed by atoms with Gasteiger partial charge in [0.15, 0.2) is 17.3 Å². The first-order valence-electron chi connectivity index (χ1n) is 50.9. The monoisotopic (exact) mass is 1980 g/mol. The molecule has 29 nitrogen and oxygen atoms in total. The summed E-state index contributed by atoms with van der Waals surface area (Å²) in [4.78, 5) is 139. The Bertz CT molecular complexity index is 5530. The van der Waals surface area contributed by atoms with Gasteiger partial charge in [0.2, 0.25) is 41.4 Å². The van der Waals surface area contributed by atoms with Gasteiger partial charge in [-0.2, -0.15) is 0 Å². The molecule has 12 aliphatic rings. The fourth-order valence-corrected chi connectivity index (χ4v) is 29.6. The van der Waals surface area contributed by atoms with Gasteiger partial charge >= 0.3 is 0 Å². The fraction of sp³-hybridized carbons (Fsp3) is 0.600. The van der Waals surface area contributed by atoms with Crippen molar-refractivity contribution in [1.29, 1.82) is 0 Å². The zero-order valence-corrected chi connectivity index (χ0v) is 84.3. The highest BCUT2D eigenvalue weighted by atomic mass is 33.1. The average molecular weight is 1980 g/mol. The summed E-state index contributed by atoms with van der Waals surface area (Å²) in [6.45, 7) is 14.6. The van der Waals surface area contributed by atoms with Crippen LogP contribution < -0.4 is 48.7 Å². The Labute approximate surface area is 835 Å². The second-order valence-corrected chi connectivity index (χ2v) is 46.3. The van der Waals surface area contributed by atoms with Gasteiger partial charge in [-0.05, 0) is 291 Å². The number of hydrogen-bond acceptors (Lipinski definition) is 23. The molecule has 17 rings (SSSR count). The number of rotatable bonds is 19. The maximum absolute atomic E-state index is 14.7. The molecule has 31 heteroatoms. The molecule has 1 aliphatic heterocycles. The number of H-pyrrole nitrogens is 1. The second-order valence-electron chi connectivity index (χ2n) is 43.7. The number of benzene rings is 4. The number of aromatic amines is 1. The number of aliphatic hydroxyl groups is 8. The van der Waals surface area contributed by atoms with Crippen LogP contribution in [0, 0.1) is 86.8 Å². The van der Waals surface area contributed by atoms with Crippen LogP contribution in [0.1, 0.15) is 224 Å². The highest BCUT2D eigenvalue weighted by molar-refractivity contribution is 8.76. The number of Topliss-reactive ketones (excluding diaryl/α,β-unsaturated/α-hetero) is 1. The molecule has 764 valence electrons. The van der Waals surface area contributed by atoms with Gasteiger partial charge in [-0.15, -0.1) is 6.42 Å². The van der Waals surface area contributed by atoms with Crippen LogP contribution in [-0.4, -0.2) is 224 Å². The van der Waals surface area contributed by atoms with Crippen LogP contribution in [0.5, 0.6) is 5.75 Å². The topological polar surface area (TPSA) is 505 Å². The normalized spacial score (nSPS) is 35.9. The van der Waals surface area contributed by atoms with E-state index in [1.54, 1.807) is 72.9 Å². The number of nitrogens with two attached hydrogens (primary N) is 2. The molecular weight excluding hydrogens is 1830 g/mol. The van der Waals surface area contributed by atoms with Gasteiger partial charge in [0.1, 0.15) is 59.8 Å². The summed E-state index contributed by atoms with van der Waals surface area (Å²) >= 11 is 0. The second kappa shape index (κ2) is 44.7. The summed E-state index contributed by atoms with van der Waals surface area (Å²) in [5.74, 6) is 1.09. The molecule has 1 aromatic heterocycles. The Hall–Kier alpha value is -9.40. The quantitative estimate of drug-likeness (QED) is 0.0209. The first-order valence-corrected chi connectivity index (χ1v) is 53.4. The third kappa shape index (κ3) is 22.2. The highest BCUT2D eigenvalue weighted by Crippen LogP contribution is 2.70. The maximum atomic E-state index is 14.7. The van der Waals surface area contributed by atoms with Crippen molar-refractivity contribution < 1.29 is 93.9 Å². The van der Waals surface area contributed by atoms with Gasteiger partial charge in [-0.1, -0.05) is 164 Å². The first kappa shape index (κ1) is 107. The number of ketones is 3. The summed E-state index contributed by atoms with van der Waals surface area (Å²) in [6.07, 6.45) is 30.0. The van der Waals surface area contributed by atoms with Crippen molar-refractivity contribution in [2.45, 2.75) is 305 Å². The Balaban J connectivity index is 0.000000179. The predicted octanol–water partition coefficient (Wildman–Crippen LogP) is 8.63. The van der Waals surface area contributed by atoms with Gasteiger partial charge in [0, 0.05) is 70.0 Å². The van der Waals surface area contributed by atoms with Gasteiger partial charge < -0.3 is 99.6 Å². The van der Waals surface area contributed by atoms with Crippen molar-refractivity contribution >= 4 is 91.2 Å². The Kier molecular flexibility index (Phi) is 34.0. The molecule has 21 N–H and O–H groups in total. The number of aliphatic hydroxyl groups excluding tert-OH is 5. The summed E-state index contributed by atoms with van der Waals surface area (Å²) in [5.41, 5.74) is 16.5. The van der Waals surface area contributed by atoms with E-state index in [9.17, 15) is 93.9 Å². The zero-order chi connectivity index (χ0) is 102. The molecule has 28 atom stereocenters. The minimum atomic E-state index is -1.66. The van der Waals surface area contributed by atoms with Crippen LogP contribution in [0.3, 0.4) is 0 Å². The lowest BCUT2D eigenvalue weighted by Crippen LogP contribution is -2.62.